The number of rotatable bonds is 1. The third-order valence-electron chi connectivity index (χ3n) is 2.24. The molecule has 0 unspecified atom stereocenters. The standard InChI is InChI=1S/C11H12FNO/c1-11(2,14)10-6-7-5-8(12)3-4-9(7)13-10/h3-6,13-14H,1-2H3. The van der Waals surface area contributed by atoms with E-state index in [2.05, 4.69) is 4.98 Å². The molecule has 2 N–H and O–H groups in total. The van der Waals surface area contributed by atoms with E-state index in [1.54, 1.807) is 26.0 Å². The highest BCUT2D eigenvalue weighted by atomic mass is 19.1. The summed E-state index contributed by atoms with van der Waals surface area (Å²) in [5.41, 5.74) is 0.608. The summed E-state index contributed by atoms with van der Waals surface area (Å²) in [5, 5.41) is 10.5. The van der Waals surface area contributed by atoms with Gasteiger partial charge in [-0.05, 0) is 38.1 Å². The Bertz CT molecular complexity index is 468. The van der Waals surface area contributed by atoms with Gasteiger partial charge in [-0.25, -0.2) is 4.39 Å². The van der Waals surface area contributed by atoms with E-state index in [1.165, 1.54) is 12.1 Å². The van der Waals surface area contributed by atoms with Crippen molar-refractivity contribution in [3.63, 3.8) is 0 Å². The second kappa shape index (κ2) is 2.82. The predicted octanol–water partition coefficient (Wildman–Crippen LogP) is 2.53. The third-order valence-corrected chi connectivity index (χ3v) is 2.24. The Morgan fingerprint density at radius 2 is 2.00 bits per heavy atom. The average molecular weight is 193 g/mol. The highest BCUT2D eigenvalue weighted by molar-refractivity contribution is 5.80. The molecule has 2 rings (SSSR count). The molecule has 0 aliphatic carbocycles. The number of nitrogens with one attached hydrogen (secondary N) is 1. The maximum Gasteiger partial charge on any atom is 0.123 e. The molecule has 0 bridgehead atoms. The molecule has 0 spiro atoms. The largest absolute Gasteiger partial charge is 0.384 e. The van der Waals surface area contributed by atoms with Crippen LogP contribution in [0.5, 0.6) is 0 Å². The lowest BCUT2D eigenvalue weighted by molar-refractivity contribution is 0.0747. The van der Waals surface area contributed by atoms with Gasteiger partial charge < -0.3 is 10.1 Å². The zero-order valence-corrected chi connectivity index (χ0v) is 8.13. The lowest BCUT2D eigenvalue weighted by Crippen LogP contribution is -2.15. The van der Waals surface area contributed by atoms with Crippen molar-refractivity contribution in [3.05, 3.63) is 35.8 Å². The Morgan fingerprint density at radius 1 is 1.29 bits per heavy atom. The van der Waals surface area contributed by atoms with Gasteiger partial charge in [-0.3, -0.25) is 0 Å². The van der Waals surface area contributed by atoms with Crippen LogP contribution in [0.3, 0.4) is 0 Å². The number of hydrogen-bond donors (Lipinski definition) is 2. The van der Waals surface area contributed by atoms with Crippen molar-refractivity contribution < 1.29 is 9.50 Å². The summed E-state index contributed by atoms with van der Waals surface area (Å²) >= 11 is 0. The van der Waals surface area contributed by atoms with Crippen molar-refractivity contribution in [3.8, 4) is 0 Å². The number of aromatic nitrogens is 1. The molecule has 1 heterocycles. The van der Waals surface area contributed by atoms with Gasteiger partial charge in [-0.2, -0.15) is 0 Å². The Labute approximate surface area is 81.4 Å². The van der Waals surface area contributed by atoms with Gasteiger partial charge in [0.05, 0.1) is 5.60 Å². The van der Waals surface area contributed by atoms with Gasteiger partial charge in [0.25, 0.3) is 0 Å². The normalized spacial score (nSPS) is 12.3. The van der Waals surface area contributed by atoms with Gasteiger partial charge in [0, 0.05) is 16.6 Å². The van der Waals surface area contributed by atoms with Crippen LogP contribution in [0.1, 0.15) is 19.5 Å². The lowest BCUT2D eigenvalue weighted by Gasteiger charge is -2.14. The van der Waals surface area contributed by atoms with Crippen molar-refractivity contribution in [2.24, 2.45) is 0 Å². The van der Waals surface area contributed by atoms with Gasteiger partial charge in [0.2, 0.25) is 0 Å². The van der Waals surface area contributed by atoms with Crippen molar-refractivity contribution >= 4 is 10.9 Å². The molecular weight excluding hydrogens is 181 g/mol. The number of halogens is 1. The molecule has 2 aromatic rings. The predicted molar refractivity (Wildman–Crippen MR) is 53.5 cm³/mol. The van der Waals surface area contributed by atoms with Crippen LogP contribution in [-0.2, 0) is 5.60 Å². The first-order valence-electron chi connectivity index (χ1n) is 4.48. The summed E-state index contributed by atoms with van der Waals surface area (Å²) in [6.45, 7) is 3.38. The number of fused-ring (bicyclic) bond motifs is 1. The minimum atomic E-state index is -0.921. The number of hydrogen-bond acceptors (Lipinski definition) is 1. The van der Waals surface area contributed by atoms with Crippen LogP contribution in [0.4, 0.5) is 4.39 Å². The molecule has 0 aliphatic rings. The molecule has 0 radical (unpaired) electrons. The minimum Gasteiger partial charge on any atom is -0.384 e. The van der Waals surface area contributed by atoms with Gasteiger partial charge in [0.1, 0.15) is 5.82 Å². The van der Waals surface area contributed by atoms with Crippen LogP contribution in [-0.4, -0.2) is 10.1 Å². The molecule has 0 saturated heterocycles. The van der Waals surface area contributed by atoms with E-state index in [9.17, 15) is 9.50 Å². The molecule has 0 aliphatic heterocycles. The lowest BCUT2D eigenvalue weighted by atomic mass is 10.1. The zero-order chi connectivity index (χ0) is 10.3. The van der Waals surface area contributed by atoms with Gasteiger partial charge in [0.15, 0.2) is 0 Å². The Kier molecular flexibility index (Phi) is 1.86. The fourth-order valence-corrected chi connectivity index (χ4v) is 1.43. The Balaban J connectivity index is 2.63. The van der Waals surface area contributed by atoms with Crippen LogP contribution in [0.15, 0.2) is 24.3 Å². The summed E-state index contributed by atoms with van der Waals surface area (Å²) in [6, 6.07) is 6.27. The Morgan fingerprint density at radius 3 is 2.64 bits per heavy atom. The second-order valence-corrected chi connectivity index (χ2v) is 3.97. The van der Waals surface area contributed by atoms with Crippen molar-refractivity contribution in [1.82, 2.24) is 4.98 Å². The third kappa shape index (κ3) is 1.51. The van der Waals surface area contributed by atoms with E-state index < -0.39 is 5.60 Å². The second-order valence-electron chi connectivity index (χ2n) is 3.97. The van der Waals surface area contributed by atoms with Gasteiger partial charge >= 0.3 is 0 Å². The topological polar surface area (TPSA) is 36.0 Å². The summed E-state index contributed by atoms with van der Waals surface area (Å²) in [7, 11) is 0. The smallest absolute Gasteiger partial charge is 0.123 e. The quantitative estimate of drug-likeness (QED) is 0.717. The molecule has 14 heavy (non-hydrogen) atoms. The van der Waals surface area contributed by atoms with Gasteiger partial charge in [-0.1, -0.05) is 0 Å². The molecule has 74 valence electrons. The van der Waals surface area contributed by atoms with Crippen molar-refractivity contribution in [2.75, 3.05) is 0 Å². The summed E-state index contributed by atoms with van der Waals surface area (Å²) in [6.07, 6.45) is 0. The first-order valence-corrected chi connectivity index (χ1v) is 4.48. The van der Waals surface area contributed by atoms with E-state index in [0.717, 1.165) is 10.9 Å². The molecule has 0 saturated carbocycles. The number of benzene rings is 1. The maximum absolute atomic E-state index is 12.9. The first kappa shape index (κ1) is 9.21. The summed E-state index contributed by atoms with van der Waals surface area (Å²) < 4.78 is 12.9. The number of aromatic amines is 1. The van der Waals surface area contributed by atoms with E-state index in [4.69, 9.17) is 0 Å². The molecular formula is C11H12FNO. The number of aliphatic hydroxyl groups is 1. The van der Waals surface area contributed by atoms with Crippen molar-refractivity contribution in [1.29, 1.82) is 0 Å². The Hall–Kier alpha value is -1.35. The molecule has 1 aromatic heterocycles. The molecule has 0 fully saturated rings. The minimum absolute atomic E-state index is 0.265. The molecule has 2 nitrogen and oxygen atoms in total. The monoisotopic (exact) mass is 193 g/mol. The zero-order valence-electron chi connectivity index (χ0n) is 8.13. The van der Waals surface area contributed by atoms with E-state index in [-0.39, 0.29) is 5.82 Å². The van der Waals surface area contributed by atoms with Crippen LogP contribution < -0.4 is 0 Å². The van der Waals surface area contributed by atoms with Crippen LogP contribution in [0.25, 0.3) is 10.9 Å². The van der Waals surface area contributed by atoms with Crippen LogP contribution in [0, 0.1) is 5.82 Å². The van der Waals surface area contributed by atoms with E-state index >= 15 is 0 Å². The summed E-state index contributed by atoms with van der Waals surface area (Å²) in [4.78, 5) is 3.05. The van der Waals surface area contributed by atoms with Crippen molar-refractivity contribution in [2.45, 2.75) is 19.4 Å². The summed E-state index contributed by atoms with van der Waals surface area (Å²) in [5.74, 6) is -0.265. The van der Waals surface area contributed by atoms with E-state index in [0.29, 0.717) is 5.69 Å². The van der Waals surface area contributed by atoms with Crippen LogP contribution in [0.2, 0.25) is 0 Å². The maximum atomic E-state index is 12.9. The first-order chi connectivity index (χ1) is 6.47. The van der Waals surface area contributed by atoms with E-state index in [1.807, 2.05) is 0 Å². The highest BCUT2D eigenvalue weighted by Gasteiger charge is 2.18. The molecule has 1 aromatic carbocycles. The number of H-pyrrole nitrogens is 1. The fraction of sp³-hybridized carbons (Fsp3) is 0.273. The highest BCUT2D eigenvalue weighted by Crippen LogP contribution is 2.24. The molecule has 0 atom stereocenters. The SMILES string of the molecule is CC(C)(O)c1cc2cc(F)ccc2[nH]1. The van der Waals surface area contributed by atoms with Crippen LogP contribution >= 0.6 is 0 Å². The molecule has 0 amide bonds. The van der Waals surface area contributed by atoms with Gasteiger partial charge in [-0.15, -0.1) is 0 Å². The fourth-order valence-electron chi connectivity index (χ4n) is 1.43. The average Bonchev–Trinajstić information content (AvgIpc) is 2.45. The molecule has 3 heteroatoms.